The van der Waals surface area contributed by atoms with Crippen LogP contribution in [0.2, 0.25) is 0 Å². The highest BCUT2D eigenvalue weighted by molar-refractivity contribution is 9.10. The lowest BCUT2D eigenvalue weighted by Gasteiger charge is -2.17. The molecular formula is C16H15BrClF5N4. The van der Waals surface area contributed by atoms with E-state index in [1.54, 1.807) is 12.4 Å². The first-order valence-corrected chi connectivity index (χ1v) is 8.54. The SMILES string of the molecule is Cl.Fc1cc(C(F)(F)F)cc(CNC2CCN(c3ncc(Br)cn3)C2)c1F. The first kappa shape index (κ1) is 21.8. The summed E-state index contributed by atoms with van der Waals surface area (Å²) in [5.41, 5.74) is -1.56. The minimum absolute atomic E-state index is 0. The smallest absolute Gasteiger partial charge is 0.339 e. The number of alkyl halides is 3. The van der Waals surface area contributed by atoms with Gasteiger partial charge in [0.25, 0.3) is 0 Å². The molecule has 1 aliphatic rings. The molecule has 0 bridgehead atoms. The maximum absolute atomic E-state index is 13.8. The van der Waals surface area contributed by atoms with Gasteiger partial charge in [-0.05, 0) is 34.5 Å². The van der Waals surface area contributed by atoms with Gasteiger partial charge in [-0.3, -0.25) is 0 Å². The Balaban J connectivity index is 0.00000261. The third-order valence-corrected chi connectivity index (χ3v) is 4.50. The Morgan fingerprint density at radius 1 is 1.19 bits per heavy atom. The molecule has 2 heterocycles. The lowest BCUT2D eigenvalue weighted by atomic mass is 10.1. The van der Waals surface area contributed by atoms with Crippen molar-refractivity contribution >= 4 is 34.3 Å². The molecule has 0 saturated carbocycles. The molecule has 0 aliphatic carbocycles. The van der Waals surface area contributed by atoms with E-state index in [-0.39, 0.29) is 36.6 Å². The molecule has 3 rings (SSSR count). The van der Waals surface area contributed by atoms with Gasteiger partial charge in [0.1, 0.15) is 0 Å². The van der Waals surface area contributed by atoms with Crippen LogP contribution in [-0.2, 0) is 12.7 Å². The number of halogens is 7. The maximum atomic E-state index is 13.8. The maximum Gasteiger partial charge on any atom is 0.416 e. The Morgan fingerprint density at radius 3 is 2.48 bits per heavy atom. The summed E-state index contributed by atoms with van der Waals surface area (Å²) in [4.78, 5) is 10.3. The van der Waals surface area contributed by atoms with E-state index >= 15 is 0 Å². The molecule has 2 aromatic rings. The summed E-state index contributed by atoms with van der Waals surface area (Å²) in [6, 6.07) is 0.705. The third kappa shape index (κ3) is 5.26. The van der Waals surface area contributed by atoms with Gasteiger partial charge in [0.2, 0.25) is 5.95 Å². The minimum atomic E-state index is -4.73. The molecule has 1 unspecified atom stereocenters. The fourth-order valence-electron chi connectivity index (χ4n) is 2.77. The lowest BCUT2D eigenvalue weighted by molar-refractivity contribution is -0.137. The van der Waals surface area contributed by atoms with Gasteiger partial charge in [-0.1, -0.05) is 0 Å². The Bertz CT molecular complexity index is 788. The van der Waals surface area contributed by atoms with Gasteiger partial charge in [-0.25, -0.2) is 18.7 Å². The molecule has 148 valence electrons. The van der Waals surface area contributed by atoms with E-state index in [1.807, 2.05) is 4.90 Å². The number of hydrogen-bond donors (Lipinski definition) is 1. The zero-order chi connectivity index (χ0) is 18.9. The van der Waals surface area contributed by atoms with Crippen molar-refractivity contribution < 1.29 is 22.0 Å². The summed E-state index contributed by atoms with van der Waals surface area (Å²) < 4.78 is 66.3. The molecule has 1 fully saturated rings. The van der Waals surface area contributed by atoms with Gasteiger partial charge < -0.3 is 10.2 Å². The quantitative estimate of drug-likeness (QED) is 0.672. The van der Waals surface area contributed by atoms with Crippen LogP contribution in [0.1, 0.15) is 17.5 Å². The predicted molar refractivity (Wildman–Crippen MR) is 95.8 cm³/mol. The first-order valence-electron chi connectivity index (χ1n) is 7.75. The molecule has 1 aromatic carbocycles. The number of rotatable bonds is 4. The topological polar surface area (TPSA) is 41.0 Å². The van der Waals surface area contributed by atoms with Crippen molar-refractivity contribution in [3.63, 3.8) is 0 Å². The van der Waals surface area contributed by atoms with Crippen molar-refractivity contribution in [2.75, 3.05) is 18.0 Å². The number of benzene rings is 1. The molecule has 1 aromatic heterocycles. The van der Waals surface area contributed by atoms with E-state index in [4.69, 9.17) is 0 Å². The van der Waals surface area contributed by atoms with E-state index in [1.165, 1.54) is 0 Å². The van der Waals surface area contributed by atoms with Crippen molar-refractivity contribution in [1.29, 1.82) is 0 Å². The van der Waals surface area contributed by atoms with Gasteiger partial charge >= 0.3 is 6.18 Å². The predicted octanol–water partition coefficient (Wildman–Crippen LogP) is 4.33. The lowest BCUT2D eigenvalue weighted by Crippen LogP contribution is -2.33. The fourth-order valence-corrected chi connectivity index (χ4v) is 2.97. The summed E-state index contributed by atoms with van der Waals surface area (Å²) in [6.45, 7) is 0.968. The summed E-state index contributed by atoms with van der Waals surface area (Å²) in [7, 11) is 0. The van der Waals surface area contributed by atoms with Gasteiger partial charge in [0.15, 0.2) is 11.6 Å². The molecule has 27 heavy (non-hydrogen) atoms. The molecule has 4 nitrogen and oxygen atoms in total. The average Bonchev–Trinajstić information content (AvgIpc) is 3.04. The summed E-state index contributed by atoms with van der Waals surface area (Å²) >= 11 is 3.25. The second-order valence-electron chi connectivity index (χ2n) is 5.94. The van der Waals surface area contributed by atoms with E-state index < -0.39 is 23.4 Å². The van der Waals surface area contributed by atoms with Crippen molar-refractivity contribution in [1.82, 2.24) is 15.3 Å². The van der Waals surface area contributed by atoms with E-state index in [2.05, 4.69) is 31.2 Å². The van der Waals surface area contributed by atoms with Gasteiger partial charge in [-0.2, -0.15) is 13.2 Å². The highest BCUT2D eigenvalue weighted by atomic mass is 79.9. The van der Waals surface area contributed by atoms with E-state index in [0.29, 0.717) is 31.5 Å². The summed E-state index contributed by atoms with van der Waals surface area (Å²) in [5.74, 6) is -2.24. The molecular weight excluding hydrogens is 459 g/mol. The minimum Gasteiger partial charge on any atom is -0.339 e. The van der Waals surface area contributed by atoms with Gasteiger partial charge in [0.05, 0.1) is 10.0 Å². The van der Waals surface area contributed by atoms with Crippen LogP contribution >= 0.6 is 28.3 Å². The average molecular weight is 474 g/mol. The molecule has 1 N–H and O–H groups in total. The Morgan fingerprint density at radius 2 is 1.85 bits per heavy atom. The highest BCUT2D eigenvalue weighted by Gasteiger charge is 2.33. The largest absolute Gasteiger partial charge is 0.416 e. The van der Waals surface area contributed by atoms with Crippen LogP contribution in [-0.4, -0.2) is 29.1 Å². The molecule has 1 aliphatic heterocycles. The number of aromatic nitrogens is 2. The number of nitrogens with zero attached hydrogens (tertiary/aromatic N) is 3. The molecule has 1 atom stereocenters. The van der Waals surface area contributed by atoms with Crippen LogP contribution in [0.3, 0.4) is 0 Å². The Kier molecular flexibility index (Phi) is 6.98. The zero-order valence-corrected chi connectivity index (χ0v) is 16.1. The fraction of sp³-hybridized carbons (Fsp3) is 0.375. The third-order valence-electron chi connectivity index (χ3n) is 4.09. The van der Waals surface area contributed by atoms with Gasteiger partial charge in [-0.15, -0.1) is 12.4 Å². The molecule has 0 amide bonds. The number of nitrogens with one attached hydrogen (secondary N) is 1. The van der Waals surface area contributed by atoms with Crippen LogP contribution in [0, 0.1) is 11.6 Å². The van der Waals surface area contributed by atoms with Crippen LogP contribution in [0.4, 0.5) is 27.9 Å². The summed E-state index contributed by atoms with van der Waals surface area (Å²) in [6.07, 6.45) is -0.817. The van der Waals surface area contributed by atoms with Crippen LogP contribution in [0.15, 0.2) is 29.0 Å². The van der Waals surface area contributed by atoms with Crippen LogP contribution in [0.5, 0.6) is 0 Å². The van der Waals surface area contributed by atoms with Crippen LogP contribution in [0.25, 0.3) is 0 Å². The van der Waals surface area contributed by atoms with Crippen molar-refractivity contribution in [3.05, 3.63) is 51.8 Å². The molecule has 0 radical (unpaired) electrons. The second kappa shape index (κ2) is 8.66. The zero-order valence-electron chi connectivity index (χ0n) is 13.7. The standard InChI is InChI=1S/C16H14BrF5N4.ClH/c17-11-6-24-15(25-7-11)26-2-1-12(8-26)23-5-9-3-10(16(20,21)22)4-13(18)14(9)19;/h3-4,6-7,12,23H,1-2,5,8H2;1H. The monoisotopic (exact) mass is 472 g/mol. The van der Waals surface area contributed by atoms with Crippen molar-refractivity contribution in [2.24, 2.45) is 0 Å². The van der Waals surface area contributed by atoms with Gasteiger partial charge in [0, 0.05) is 43.6 Å². The van der Waals surface area contributed by atoms with E-state index in [0.717, 1.165) is 4.47 Å². The Labute approximate surface area is 166 Å². The number of anilines is 1. The van der Waals surface area contributed by atoms with Crippen molar-refractivity contribution in [2.45, 2.75) is 25.2 Å². The van der Waals surface area contributed by atoms with Crippen LogP contribution < -0.4 is 10.2 Å². The Hall–Kier alpha value is -1.52. The normalized spacial score (nSPS) is 17.1. The summed E-state index contributed by atoms with van der Waals surface area (Å²) in [5, 5.41) is 2.98. The number of hydrogen-bond acceptors (Lipinski definition) is 4. The first-order chi connectivity index (χ1) is 12.2. The molecule has 1 saturated heterocycles. The second-order valence-corrected chi connectivity index (χ2v) is 6.86. The highest BCUT2D eigenvalue weighted by Crippen LogP contribution is 2.31. The molecule has 0 spiro atoms. The molecule has 11 heteroatoms. The van der Waals surface area contributed by atoms with Crippen molar-refractivity contribution in [3.8, 4) is 0 Å². The van der Waals surface area contributed by atoms with E-state index in [9.17, 15) is 22.0 Å².